The van der Waals surface area contributed by atoms with Crippen LogP contribution in [0.5, 0.6) is 0 Å². The highest BCUT2D eigenvalue weighted by Gasteiger charge is 2.30. The van der Waals surface area contributed by atoms with Crippen LogP contribution in [0.3, 0.4) is 0 Å². The molecule has 0 aliphatic heterocycles. The van der Waals surface area contributed by atoms with E-state index in [2.05, 4.69) is 5.32 Å². The first kappa shape index (κ1) is 14.2. The van der Waals surface area contributed by atoms with Crippen LogP contribution in [0.4, 0.5) is 13.2 Å². The number of rotatable bonds is 7. The van der Waals surface area contributed by atoms with Gasteiger partial charge in [0.25, 0.3) is 0 Å². The van der Waals surface area contributed by atoms with Crippen LogP contribution in [0, 0.1) is 0 Å². The fourth-order valence-corrected chi connectivity index (χ4v) is 1.45. The number of hydrogen-bond donors (Lipinski definition) is 2. The van der Waals surface area contributed by atoms with E-state index in [0.717, 1.165) is 17.7 Å². The molecule has 1 aliphatic rings. The normalized spacial score (nSPS) is 16.3. The molecule has 0 heterocycles. The van der Waals surface area contributed by atoms with Crippen LogP contribution in [0.25, 0.3) is 0 Å². The quantitative estimate of drug-likeness (QED) is 0.696. The first-order valence-corrected chi connectivity index (χ1v) is 5.60. The molecule has 0 atom stereocenters. The van der Waals surface area contributed by atoms with Crippen molar-refractivity contribution < 1.29 is 23.1 Å². The van der Waals surface area contributed by atoms with Crippen molar-refractivity contribution in [2.45, 2.75) is 31.5 Å². The van der Waals surface area contributed by atoms with Gasteiger partial charge in [-0.2, -0.15) is 13.2 Å². The lowest BCUT2D eigenvalue weighted by Gasteiger charge is -2.22. The summed E-state index contributed by atoms with van der Waals surface area (Å²) in [6.07, 6.45) is -2.36. The van der Waals surface area contributed by atoms with Gasteiger partial charge in [-0.15, -0.1) is 0 Å². The Morgan fingerprint density at radius 1 is 1.35 bits per heavy atom. The van der Waals surface area contributed by atoms with Gasteiger partial charge in [0, 0.05) is 25.6 Å². The highest BCUT2D eigenvalue weighted by atomic mass is 19.4. The monoisotopic (exact) mass is 254 g/mol. The third-order valence-corrected chi connectivity index (χ3v) is 2.42. The molecule has 0 radical (unpaired) electrons. The van der Waals surface area contributed by atoms with Gasteiger partial charge in [0.15, 0.2) is 0 Å². The van der Waals surface area contributed by atoms with Crippen LogP contribution >= 0.6 is 0 Å². The van der Waals surface area contributed by atoms with Gasteiger partial charge in [-0.3, -0.25) is 9.69 Å². The van der Waals surface area contributed by atoms with Gasteiger partial charge in [-0.25, -0.2) is 0 Å². The van der Waals surface area contributed by atoms with E-state index in [0.29, 0.717) is 0 Å². The molecule has 0 bridgehead atoms. The molecule has 1 aliphatic carbocycles. The molecule has 0 saturated heterocycles. The van der Waals surface area contributed by atoms with Crippen molar-refractivity contribution in [2.24, 2.45) is 0 Å². The zero-order valence-electron chi connectivity index (χ0n) is 9.46. The Bertz CT molecular complexity index is 254. The molecule has 4 nitrogen and oxygen atoms in total. The fraction of sp³-hybridized carbons (Fsp3) is 0.900. The summed E-state index contributed by atoms with van der Waals surface area (Å²) in [6, 6.07) is 0.219. The molecule has 0 aromatic carbocycles. The van der Waals surface area contributed by atoms with Crippen LogP contribution in [0.2, 0.25) is 0 Å². The summed E-state index contributed by atoms with van der Waals surface area (Å²) in [5, 5.41) is 11.3. The Kier molecular flexibility index (Phi) is 5.20. The standard InChI is InChI=1S/C10H17F3N2O2/c11-10(12,13)7-15(5-6-16)4-3-9(17)14-8-1-2-8/h8,16H,1-7H2,(H,14,17). The smallest absolute Gasteiger partial charge is 0.395 e. The van der Waals surface area contributed by atoms with Crippen molar-refractivity contribution in [2.75, 3.05) is 26.2 Å². The van der Waals surface area contributed by atoms with Crippen LogP contribution in [-0.4, -0.2) is 54.4 Å². The van der Waals surface area contributed by atoms with Gasteiger partial charge >= 0.3 is 6.18 Å². The molecule has 0 aromatic heterocycles. The van der Waals surface area contributed by atoms with Crippen molar-refractivity contribution in [3.63, 3.8) is 0 Å². The van der Waals surface area contributed by atoms with Gasteiger partial charge in [0.1, 0.15) is 0 Å². The topological polar surface area (TPSA) is 52.6 Å². The number of hydrogen-bond acceptors (Lipinski definition) is 3. The maximum atomic E-state index is 12.1. The molecule has 7 heteroatoms. The summed E-state index contributed by atoms with van der Waals surface area (Å²) < 4.78 is 36.4. The molecule has 17 heavy (non-hydrogen) atoms. The lowest BCUT2D eigenvalue weighted by atomic mass is 10.3. The SMILES string of the molecule is O=C(CCN(CCO)CC(F)(F)F)NC1CC1. The zero-order valence-corrected chi connectivity index (χ0v) is 9.46. The fourth-order valence-electron chi connectivity index (χ4n) is 1.45. The summed E-state index contributed by atoms with van der Waals surface area (Å²) in [5.41, 5.74) is 0. The van der Waals surface area contributed by atoms with Crippen molar-refractivity contribution in [3.8, 4) is 0 Å². The molecule has 1 saturated carbocycles. The average molecular weight is 254 g/mol. The highest BCUT2D eigenvalue weighted by molar-refractivity contribution is 5.76. The van der Waals surface area contributed by atoms with Gasteiger partial charge in [-0.05, 0) is 12.8 Å². The second kappa shape index (κ2) is 6.20. The molecule has 1 rings (SSSR count). The average Bonchev–Trinajstić information content (AvgIpc) is 2.96. The van der Waals surface area contributed by atoms with Gasteiger partial charge in [0.2, 0.25) is 5.91 Å². The van der Waals surface area contributed by atoms with Crippen molar-refractivity contribution in [1.29, 1.82) is 0 Å². The molecule has 1 amide bonds. The third-order valence-electron chi connectivity index (χ3n) is 2.42. The Morgan fingerprint density at radius 2 is 2.00 bits per heavy atom. The number of aliphatic hydroxyl groups excluding tert-OH is 1. The van der Waals surface area contributed by atoms with Gasteiger partial charge < -0.3 is 10.4 Å². The summed E-state index contributed by atoms with van der Waals surface area (Å²) in [7, 11) is 0. The Labute approximate surface area is 97.8 Å². The molecular weight excluding hydrogens is 237 g/mol. The number of carbonyl (C=O) groups is 1. The van der Waals surface area contributed by atoms with E-state index in [1.807, 2.05) is 0 Å². The van der Waals surface area contributed by atoms with Crippen LogP contribution < -0.4 is 5.32 Å². The van der Waals surface area contributed by atoms with Gasteiger partial charge in [-0.1, -0.05) is 0 Å². The number of alkyl halides is 3. The first-order valence-electron chi connectivity index (χ1n) is 5.60. The number of halogens is 3. The minimum absolute atomic E-state index is 0.0125. The third kappa shape index (κ3) is 7.17. The van der Waals surface area contributed by atoms with Crippen LogP contribution in [-0.2, 0) is 4.79 Å². The van der Waals surface area contributed by atoms with E-state index in [1.54, 1.807) is 0 Å². The van der Waals surface area contributed by atoms with E-state index in [4.69, 9.17) is 5.11 Å². The van der Waals surface area contributed by atoms with Crippen molar-refractivity contribution in [3.05, 3.63) is 0 Å². The summed E-state index contributed by atoms with van der Waals surface area (Å²) >= 11 is 0. The lowest BCUT2D eigenvalue weighted by Crippen LogP contribution is -2.39. The van der Waals surface area contributed by atoms with E-state index in [9.17, 15) is 18.0 Å². The van der Waals surface area contributed by atoms with E-state index in [-0.39, 0.29) is 38.1 Å². The predicted octanol–water partition coefficient (Wildman–Crippen LogP) is 0.512. The molecule has 2 N–H and O–H groups in total. The van der Waals surface area contributed by atoms with Crippen LogP contribution in [0.1, 0.15) is 19.3 Å². The molecule has 0 aromatic rings. The lowest BCUT2D eigenvalue weighted by molar-refractivity contribution is -0.148. The second-order valence-electron chi connectivity index (χ2n) is 4.21. The van der Waals surface area contributed by atoms with E-state index >= 15 is 0 Å². The second-order valence-corrected chi connectivity index (χ2v) is 4.21. The van der Waals surface area contributed by atoms with E-state index < -0.39 is 12.7 Å². The Morgan fingerprint density at radius 3 is 2.47 bits per heavy atom. The van der Waals surface area contributed by atoms with Crippen LogP contribution in [0.15, 0.2) is 0 Å². The molecule has 1 fully saturated rings. The molecule has 0 unspecified atom stereocenters. The molecule has 100 valence electrons. The minimum Gasteiger partial charge on any atom is -0.395 e. The van der Waals surface area contributed by atoms with E-state index in [1.165, 1.54) is 0 Å². The predicted molar refractivity (Wildman–Crippen MR) is 55.4 cm³/mol. The molecular formula is C10H17F3N2O2. The Hall–Kier alpha value is -0.820. The van der Waals surface area contributed by atoms with Crippen molar-refractivity contribution >= 4 is 5.91 Å². The Balaban J connectivity index is 2.24. The summed E-state index contributed by atoms with van der Waals surface area (Å²) in [4.78, 5) is 12.3. The largest absolute Gasteiger partial charge is 0.401 e. The number of aliphatic hydroxyl groups is 1. The number of amides is 1. The summed E-state index contributed by atoms with van der Waals surface area (Å²) in [5.74, 6) is -0.224. The maximum Gasteiger partial charge on any atom is 0.401 e. The zero-order chi connectivity index (χ0) is 12.9. The minimum atomic E-state index is -4.30. The summed E-state index contributed by atoms with van der Waals surface area (Å²) in [6.45, 7) is -1.50. The maximum absolute atomic E-state index is 12.1. The highest BCUT2D eigenvalue weighted by Crippen LogP contribution is 2.19. The number of nitrogens with one attached hydrogen (secondary N) is 1. The van der Waals surface area contributed by atoms with Crippen molar-refractivity contribution in [1.82, 2.24) is 10.2 Å². The molecule has 0 spiro atoms. The van der Waals surface area contributed by atoms with Gasteiger partial charge in [0.05, 0.1) is 13.2 Å². The number of nitrogens with zero attached hydrogens (tertiary/aromatic N) is 1. The number of carbonyl (C=O) groups excluding carboxylic acids is 1. The first-order chi connectivity index (χ1) is 7.90.